The van der Waals surface area contributed by atoms with E-state index in [1.165, 1.54) is 18.9 Å². The maximum atomic E-state index is 13.7. The predicted octanol–water partition coefficient (Wildman–Crippen LogP) is 5.21. The first-order valence-electron chi connectivity index (χ1n) is 11.2. The quantitative estimate of drug-likeness (QED) is 0.628. The van der Waals surface area contributed by atoms with Gasteiger partial charge in [-0.05, 0) is 68.2 Å². The van der Waals surface area contributed by atoms with Crippen molar-refractivity contribution in [2.24, 2.45) is 17.8 Å². The van der Waals surface area contributed by atoms with Crippen molar-refractivity contribution in [3.8, 4) is 0 Å². The van der Waals surface area contributed by atoms with Gasteiger partial charge in [0.25, 0.3) is 0 Å². The van der Waals surface area contributed by atoms with Gasteiger partial charge in [-0.15, -0.1) is 0 Å². The highest BCUT2D eigenvalue weighted by molar-refractivity contribution is 7.89. The summed E-state index contributed by atoms with van der Waals surface area (Å²) < 4.78 is 29.3. The van der Waals surface area contributed by atoms with E-state index in [2.05, 4.69) is 32.2 Å². The second-order valence-electron chi connectivity index (χ2n) is 9.29. The number of allylic oxidation sites excluding steroid dienone is 2. The number of carbonyl (C=O) groups is 1. The fourth-order valence-electron chi connectivity index (χ4n) is 5.23. The topological polar surface area (TPSA) is 66.5 Å². The zero-order chi connectivity index (χ0) is 21.9. The lowest BCUT2D eigenvalue weighted by atomic mass is 9.75. The fraction of sp³-hybridized carbons (Fsp3) is 0.625. The van der Waals surface area contributed by atoms with E-state index < -0.39 is 10.0 Å². The van der Waals surface area contributed by atoms with Crippen molar-refractivity contribution < 1.29 is 13.2 Å². The highest BCUT2D eigenvalue weighted by Gasteiger charge is 2.37. The van der Waals surface area contributed by atoms with Crippen LogP contribution >= 0.6 is 0 Å². The van der Waals surface area contributed by atoms with E-state index in [0.717, 1.165) is 32.1 Å². The second-order valence-corrected chi connectivity index (χ2v) is 11.2. The number of hydrogen-bond acceptors (Lipinski definition) is 3. The first kappa shape index (κ1) is 23.0. The molecule has 0 aliphatic heterocycles. The van der Waals surface area contributed by atoms with Gasteiger partial charge in [0.05, 0.1) is 4.90 Å². The van der Waals surface area contributed by atoms with Crippen LogP contribution in [-0.4, -0.2) is 31.2 Å². The molecule has 2 aliphatic carbocycles. The van der Waals surface area contributed by atoms with E-state index >= 15 is 0 Å². The maximum Gasteiger partial charge on any atom is 0.243 e. The van der Waals surface area contributed by atoms with Crippen molar-refractivity contribution in [2.75, 3.05) is 11.9 Å². The van der Waals surface area contributed by atoms with E-state index in [4.69, 9.17) is 0 Å². The van der Waals surface area contributed by atoms with Crippen molar-refractivity contribution in [1.82, 2.24) is 4.31 Å². The standard InChI is InChI=1S/C24H36N2O3S/c1-17-14-18(2)24(19(3)15-17)16-26(22-8-6-5-7-9-22)30(28,29)23-12-10-21(11-13-23)25-20(4)27/h10-14,18-19,22,24H,5-9,15-16H2,1-4H3,(H,25,27). The number of carbonyl (C=O) groups excluding carboxylic acids is 1. The predicted molar refractivity (Wildman–Crippen MR) is 122 cm³/mol. The molecule has 1 amide bonds. The molecule has 0 spiro atoms. The van der Waals surface area contributed by atoms with Crippen molar-refractivity contribution in [3.63, 3.8) is 0 Å². The number of anilines is 1. The van der Waals surface area contributed by atoms with E-state index in [1.54, 1.807) is 24.3 Å². The molecule has 0 aromatic heterocycles. The lowest BCUT2D eigenvalue weighted by molar-refractivity contribution is -0.114. The van der Waals surface area contributed by atoms with Crippen molar-refractivity contribution in [2.45, 2.75) is 77.2 Å². The van der Waals surface area contributed by atoms with Crippen LogP contribution in [-0.2, 0) is 14.8 Å². The molecule has 3 rings (SSSR count). The van der Waals surface area contributed by atoms with Gasteiger partial charge < -0.3 is 5.32 Å². The van der Waals surface area contributed by atoms with Gasteiger partial charge in [-0.3, -0.25) is 4.79 Å². The van der Waals surface area contributed by atoms with Gasteiger partial charge in [-0.25, -0.2) is 8.42 Å². The number of nitrogens with one attached hydrogen (secondary N) is 1. The SMILES string of the molecule is CC(=O)Nc1ccc(S(=O)(=O)N(CC2C(C)C=C(C)CC2C)C2CCCCC2)cc1. The third kappa shape index (κ3) is 5.33. The zero-order valence-corrected chi connectivity index (χ0v) is 19.5. The van der Waals surface area contributed by atoms with E-state index in [9.17, 15) is 13.2 Å². The van der Waals surface area contributed by atoms with Gasteiger partial charge in [0.15, 0.2) is 0 Å². The van der Waals surface area contributed by atoms with Crippen LogP contribution in [0, 0.1) is 17.8 Å². The summed E-state index contributed by atoms with van der Waals surface area (Å²) in [5.74, 6) is 0.993. The summed E-state index contributed by atoms with van der Waals surface area (Å²) in [7, 11) is -3.61. The number of sulfonamides is 1. The molecular formula is C24H36N2O3S. The molecule has 30 heavy (non-hydrogen) atoms. The van der Waals surface area contributed by atoms with E-state index in [-0.39, 0.29) is 11.9 Å². The Kier molecular flexibility index (Phi) is 7.40. The molecule has 1 aromatic rings. The smallest absolute Gasteiger partial charge is 0.243 e. The molecule has 0 bridgehead atoms. The van der Waals surface area contributed by atoms with Gasteiger partial charge in [-0.1, -0.05) is 44.8 Å². The highest BCUT2D eigenvalue weighted by Crippen LogP contribution is 2.37. The Morgan fingerprint density at radius 1 is 1.10 bits per heavy atom. The van der Waals surface area contributed by atoms with Crippen LogP contribution in [0.2, 0.25) is 0 Å². The number of hydrogen-bond donors (Lipinski definition) is 1. The van der Waals surface area contributed by atoms with Gasteiger partial charge in [-0.2, -0.15) is 4.31 Å². The van der Waals surface area contributed by atoms with Crippen LogP contribution in [0.4, 0.5) is 5.69 Å². The minimum absolute atomic E-state index is 0.0742. The number of benzene rings is 1. The third-order valence-corrected chi connectivity index (χ3v) is 8.68. The summed E-state index contributed by atoms with van der Waals surface area (Å²) in [4.78, 5) is 11.6. The van der Waals surface area contributed by atoms with Gasteiger partial charge in [0.2, 0.25) is 15.9 Å². The lowest BCUT2D eigenvalue weighted by Gasteiger charge is -2.40. The molecular weight excluding hydrogens is 396 g/mol. The maximum absolute atomic E-state index is 13.7. The average molecular weight is 433 g/mol. The molecule has 3 unspecified atom stereocenters. The summed E-state index contributed by atoms with van der Waals surface area (Å²) in [6.45, 7) is 8.67. The summed E-state index contributed by atoms with van der Waals surface area (Å²) in [5, 5.41) is 2.70. The van der Waals surface area contributed by atoms with Crippen molar-refractivity contribution in [3.05, 3.63) is 35.9 Å². The van der Waals surface area contributed by atoms with Crippen LogP contribution in [0.5, 0.6) is 0 Å². The summed E-state index contributed by atoms with van der Waals surface area (Å²) >= 11 is 0. The molecule has 3 atom stereocenters. The Hall–Kier alpha value is -1.66. The zero-order valence-electron chi connectivity index (χ0n) is 18.7. The third-order valence-electron chi connectivity index (χ3n) is 6.75. The molecule has 6 heteroatoms. The summed E-state index contributed by atoms with van der Waals surface area (Å²) in [6.07, 6.45) is 8.60. The Morgan fingerprint density at radius 2 is 1.73 bits per heavy atom. The second kappa shape index (κ2) is 9.65. The highest BCUT2D eigenvalue weighted by atomic mass is 32.2. The molecule has 1 saturated carbocycles. The van der Waals surface area contributed by atoms with Crippen LogP contribution in [0.1, 0.15) is 66.2 Å². The van der Waals surface area contributed by atoms with E-state index in [1.807, 2.05) is 4.31 Å². The minimum atomic E-state index is -3.61. The van der Waals surface area contributed by atoms with Crippen LogP contribution in [0.25, 0.3) is 0 Å². The molecule has 2 aliphatic rings. The Morgan fingerprint density at radius 3 is 2.30 bits per heavy atom. The molecule has 0 saturated heterocycles. The Balaban J connectivity index is 1.90. The summed E-state index contributed by atoms with van der Waals surface area (Å²) in [6, 6.07) is 6.66. The van der Waals surface area contributed by atoms with Crippen molar-refractivity contribution in [1.29, 1.82) is 0 Å². The van der Waals surface area contributed by atoms with Crippen molar-refractivity contribution >= 4 is 21.6 Å². The van der Waals surface area contributed by atoms with Gasteiger partial charge >= 0.3 is 0 Å². The number of nitrogens with zero attached hydrogens (tertiary/aromatic N) is 1. The Bertz CT molecular complexity index is 870. The molecule has 0 heterocycles. The largest absolute Gasteiger partial charge is 0.326 e. The first-order chi connectivity index (χ1) is 14.2. The normalized spacial score (nSPS) is 25.8. The molecule has 5 nitrogen and oxygen atoms in total. The molecule has 1 N–H and O–H groups in total. The lowest BCUT2D eigenvalue weighted by Crippen LogP contribution is -2.46. The number of amides is 1. The van der Waals surface area contributed by atoms with Crippen LogP contribution < -0.4 is 5.32 Å². The van der Waals surface area contributed by atoms with Gasteiger partial charge in [0.1, 0.15) is 0 Å². The number of rotatable bonds is 6. The fourth-order valence-corrected chi connectivity index (χ4v) is 6.96. The van der Waals surface area contributed by atoms with Crippen LogP contribution in [0.15, 0.2) is 40.8 Å². The first-order valence-corrected chi connectivity index (χ1v) is 12.7. The minimum Gasteiger partial charge on any atom is -0.326 e. The molecule has 166 valence electrons. The summed E-state index contributed by atoms with van der Waals surface area (Å²) in [5.41, 5.74) is 2.02. The molecule has 1 fully saturated rings. The van der Waals surface area contributed by atoms with E-state index in [0.29, 0.717) is 34.9 Å². The molecule has 1 aromatic carbocycles. The van der Waals surface area contributed by atoms with Gasteiger partial charge in [0, 0.05) is 25.2 Å². The van der Waals surface area contributed by atoms with Crippen LogP contribution in [0.3, 0.4) is 0 Å². The Labute approximate surface area is 182 Å². The average Bonchev–Trinajstić information content (AvgIpc) is 2.68. The molecule has 0 radical (unpaired) electrons. The monoisotopic (exact) mass is 432 g/mol.